The van der Waals surface area contributed by atoms with Crippen molar-refractivity contribution in [2.24, 2.45) is 0 Å². The highest BCUT2D eigenvalue weighted by molar-refractivity contribution is 5.78. The first kappa shape index (κ1) is 15.8. The van der Waals surface area contributed by atoms with Gasteiger partial charge in [0, 0.05) is 52.2 Å². The number of rotatable bonds is 5. The molecule has 1 aliphatic heterocycles. The Labute approximate surface area is 115 Å². The molecule has 0 radical (unpaired) electrons. The number of nitrogens with zero attached hydrogens (tertiary/aromatic N) is 3. The molecular weight excluding hydrogens is 244 g/mol. The molecule has 1 aliphatic rings. The normalized spacial score (nSPS) is 15.5. The van der Waals surface area contributed by atoms with Crippen molar-refractivity contribution in [2.45, 2.75) is 20.3 Å². The lowest BCUT2D eigenvalue weighted by Crippen LogP contribution is -2.54. The molecule has 0 aromatic rings. The van der Waals surface area contributed by atoms with Crippen molar-refractivity contribution in [3.8, 4) is 0 Å². The number of urea groups is 1. The number of carbonyl (C=O) groups excluding carboxylic acids is 2. The zero-order chi connectivity index (χ0) is 14.3. The van der Waals surface area contributed by atoms with Gasteiger partial charge in [-0.2, -0.15) is 0 Å². The minimum absolute atomic E-state index is 0.0901. The lowest BCUT2D eigenvalue weighted by molar-refractivity contribution is -0.132. The standard InChI is InChI=1S/C13H26N4O2/c1-4-15(5-2)13(19)17-10-8-16(9-11-17)12(18)6-7-14-3/h14H,4-11H2,1-3H3. The monoisotopic (exact) mass is 270 g/mol. The molecule has 0 spiro atoms. The molecule has 19 heavy (non-hydrogen) atoms. The van der Waals surface area contributed by atoms with Crippen LogP contribution in [0.2, 0.25) is 0 Å². The van der Waals surface area contributed by atoms with E-state index in [4.69, 9.17) is 0 Å². The van der Waals surface area contributed by atoms with Gasteiger partial charge in [-0.3, -0.25) is 4.79 Å². The minimum atomic E-state index is 0.0901. The third-order valence-corrected chi connectivity index (χ3v) is 3.53. The van der Waals surface area contributed by atoms with E-state index in [9.17, 15) is 9.59 Å². The van der Waals surface area contributed by atoms with Crippen molar-refractivity contribution in [1.82, 2.24) is 20.0 Å². The third kappa shape index (κ3) is 4.38. The quantitative estimate of drug-likeness (QED) is 0.776. The van der Waals surface area contributed by atoms with E-state index in [1.165, 1.54) is 0 Å². The molecule has 110 valence electrons. The van der Waals surface area contributed by atoms with Gasteiger partial charge in [0.2, 0.25) is 5.91 Å². The average molecular weight is 270 g/mol. The van der Waals surface area contributed by atoms with Crippen molar-refractivity contribution in [3.05, 3.63) is 0 Å². The Morgan fingerprint density at radius 2 is 1.58 bits per heavy atom. The van der Waals surface area contributed by atoms with Crippen molar-refractivity contribution in [2.75, 3.05) is 52.9 Å². The van der Waals surface area contributed by atoms with Crippen molar-refractivity contribution in [1.29, 1.82) is 0 Å². The van der Waals surface area contributed by atoms with Gasteiger partial charge in [-0.1, -0.05) is 0 Å². The number of piperazine rings is 1. The van der Waals surface area contributed by atoms with Crippen molar-refractivity contribution < 1.29 is 9.59 Å². The molecule has 0 aliphatic carbocycles. The van der Waals surface area contributed by atoms with Gasteiger partial charge in [-0.25, -0.2) is 4.79 Å². The molecule has 0 atom stereocenters. The first-order chi connectivity index (χ1) is 9.13. The van der Waals surface area contributed by atoms with E-state index < -0.39 is 0 Å². The first-order valence-electron chi connectivity index (χ1n) is 7.10. The molecule has 1 rings (SSSR count). The summed E-state index contributed by atoms with van der Waals surface area (Å²) in [5.74, 6) is 0.171. The summed E-state index contributed by atoms with van der Waals surface area (Å²) in [6, 6.07) is 0.0901. The number of nitrogens with one attached hydrogen (secondary N) is 1. The molecule has 0 bridgehead atoms. The molecule has 0 unspecified atom stereocenters. The minimum Gasteiger partial charge on any atom is -0.339 e. The Balaban J connectivity index is 2.40. The van der Waals surface area contributed by atoms with Crippen LogP contribution < -0.4 is 5.32 Å². The van der Waals surface area contributed by atoms with Crippen LogP contribution in [0.15, 0.2) is 0 Å². The summed E-state index contributed by atoms with van der Waals surface area (Å²) in [5, 5.41) is 2.98. The molecule has 1 N–H and O–H groups in total. The van der Waals surface area contributed by atoms with Crippen LogP contribution in [0.5, 0.6) is 0 Å². The fraction of sp³-hybridized carbons (Fsp3) is 0.846. The molecule has 0 saturated carbocycles. The molecule has 1 fully saturated rings. The zero-order valence-corrected chi connectivity index (χ0v) is 12.3. The lowest BCUT2D eigenvalue weighted by Gasteiger charge is -2.37. The summed E-state index contributed by atoms with van der Waals surface area (Å²) in [6.45, 7) is 8.72. The van der Waals surface area contributed by atoms with Crippen LogP contribution in [0.4, 0.5) is 4.79 Å². The summed E-state index contributed by atoms with van der Waals surface area (Å²) in [6.07, 6.45) is 0.528. The van der Waals surface area contributed by atoms with Crippen LogP contribution >= 0.6 is 0 Å². The van der Waals surface area contributed by atoms with Crippen LogP contribution in [-0.2, 0) is 4.79 Å². The maximum absolute atomic E-state index is 12.1. The van der Waals surface area contributed by atoms with E-state index >= 15 is 0 Å². The van der Waals surface area contributed by atoms with Gasteiger partial charge in [0.05, 0.1) is 0 Å². The second-order valence-electron chi connectivity index (χ2n) is 4.68. The van der Waals surface area contributed by atoms with Crippen LogP contribution in [-0.4, -0.2) is 79.5 Å². The highest BCUT2D eigenvalue weighted by atomic mass is 16.2. The molecule has 0 aromatic heterocycles. The molecular formula is C13H26N4O2. The van der Waals surface area contributed by atoms with Crippen molar-refractivity contribution in [3.63, 3.8) is 0 Å². The van der Waals surface area contributed by atoms with Gasteiger partial charge >= 0.3 is 6.03 Å². The van der Waals surface area contributed by atoms with Crippen LogP contribution in [0, 0.1) is 0 Å². The Bertz CT molecular complexity index is 297. The predicted molar refractivity (Wildman–Crippen MR) is 75.0 cm³/mol. The van der Waals surface area contributed by atoms with E-state index in [0.717, 1.165) is 13.1 Å². The van der Waals surface area contributed by atoms with Gasteiger partial charge in [-0.15, -0.1) is 0 Å². The SMILES string of the molecule is CCN(CC)C(=O)N1CCN(C(=O)CCNC)CC1. The van der Waals surface area contributed by atoms with E-state index in [1.54, 1.807) is 0 Å². The van der Waals surface area contributed by atoms with Crippen LogP contribution in [0.1, 0.15) is 20.3 Å². The number of hydrogen-bond donors (Lipinski definition) is 1. The number of carbonyl (C=O) groups is 2. The molecule has 6 nitrogen and oxygen atoms in total. The molecule has 0 aromatic carbocycles. The largest absolute Gasteiger partial charge is 0.339 e. The summed E-state index contributed by atoms with van der Waals surface area (Å²) in [4.78, 5) is 29.5. The molecule has 1 saturated heterocycles. The Morgan fingerprint density at radius 3 is 2.05 bits per heavy atom. The molecule has 6 heteroatoms. The Morgan fingerprint density at radius 1 is 1.05 bits per heavy atom. The van der Waals surface area contributed by atoms with E-state index in [0.29, 0.717) is 39.1 Å². The van der Waals surface area contributed by atoms with Gasteiger partial charge in [0.25, 0.3) is 0 Å². The second kappa shape index (κ2) is 7.99. The Kier molecular flexibility index (Phi) is 6.62. The van der Waals surface area contributed by atoms with E-state index in [1.807, 2.05) is 35.6 Å². The lowest BCUT2D eigenvalue weighted by atomic mass is 10.3. The van der Waals surface area contributed by atoms with Gasteiger partial charge < -0.3 is 20.0 Å². The third-order valence-electron chi connectivity index (χ3n) is 3.53. The maximum atomic E-state index is 12.1. The number of amides is 3. The summed E-state index contributed by atoms with van der Waals surface area (Å²) >= 11 is 0. The van der Waals surface area contributed by atoms with Crippen LogP contribution in [0.25, 0.3) is 0 Å². The topological polar surface area (TPSA) is 55.9 Å². The molecule has 1 heterocycles. The Hall–Kier alpha value is -1.30. The number of hydrogen-bond acceptors (Lipinski definition) is 3. The smallest absolute Gasteiger partial charge is 0.320 e. The predicted octanol–water partition coefficient (Wildman–Crippen LogP) is 0.202. The first-order valence-corrected chi connectivity index (χ1v) is 7.10. The van der Waals surface area contributed by atoms with Gasteiger partial charge in [0.1, 0.15) is 0 Å². The fourth-order valence-electron chi connectivity index (χ4n) is 2.23. The van der Waals surface area contributed by atoms with Crippen LogP contribution in [0.3, 0.4) is 0 Å². The highest BCUT2D eigenvalue weighted by Gasteiger charge is 2.25. The summed E-state index contributed by atoms with van der Waals surface area (Å²) < 4.78 is 0. The second-order valence-corrected chi connectivity index (χ2v) is 4.68. The van der Waals surface area contributed by atoms with Gasteiger partial charge in [-0.05, 0) is 20.9 Å². The van der Waals surface area contributed by atoms with Crippen molar-refractivity contribution >= 4 is 11.9 Å². The fourth-order valence-corrected chi connectivity index (χ4v) is 2.23. The molecule has 3 amide bonds. The maximum Gasteiger partial charge on any atom is 0.320 e. The van der Waals surface area contributed by atoms with E-state index in [-0.39, 0.29) is 11.9 Å². The zero-order valence-electron chi connectivity index (χ0n) is 12.3. The summed E-state index contributed by atoms with van der Waals surface area (Å²) in [7, 11) is 1.84. The average Bonchev–Trinajstić information content (AvgIpc) is 2.46. The van der Waals surface area contributed by atoms with Gasteiger partial charge in [0.15, 0.2) is 0 Å². The highest BCUT2D eigenvalue weighted by Crippen LogP contribution is 2.07. The summed E-state index contributed by atoms with van der Waals surface area (Å²) in [5.41, 5.74) is 0. The van der Waals surface area contributed by atoms with E-state index in [2.05, 4.69) is 5.32 Å².